The average molecular weight is 234 g/mol. The summed E-state index contributed by atoms with van der Waals surface area (Å²) in [6.45, 7) is 2.11. The van der Waals surface area contributed by atoms with E-state index >= 15 is 0 Å². The minimum Gasteiger partial charge on any atom is -0.497 e. The summed E-state index contributed by atoms with van der Waals surface area (Å²) in [5.74, 6) is 3.31. The molecule has 0 unspecified atom stereocenters. The SMILES string of the molecule is C#CC[C@@H](OCc1ccc(OC)cc1)[C@H](C)O. The highest BCUT2D eigenvalue weighted by Crippen LogP contribution is 2.14. The van der Waals surface area contributed by atoms with Crippen molar-refractivity contribution in [3.05, 3.63) is 29.8 Å². The van der Waals surface area contributed by atoms with Gasteiger partial charge in [0.1, 0.15) is 5.75 Å². The van der Waals surface area contributed by atoms with E-state index in [0.717, 1.165) is 11.3 Å². The number of terminal acetylenes is 1. The monoisotopic (exact) mass is 234 g/mol. The van der Waals surface area contributed by atoms with Crippen molar-refractivity contribution in [2.24, 2.45) is 0 Å². The lowest BCUT2D eigenvalue weighted by Crippen LogP contribution is -2.25. The molecule has 2 atom stereocenters. The Bertz CT molecular complexity index is 362. The normalized spacial score (nSPS) is 13.8. The molecule has 3 heteroatoms. The summed E-state index contributed by atoms with van der Waals surface area (Å²) in [6.07, 6.45) is 4.74. The van der Waals surface area contributed by atoms with Crippen LogP contribution in [0.3, 0.4) is 0 Å². The van der Waals surface area contributed by atoms with E-state index < -0.39 is 6.10 Å². The van der Waals surface area contributed by atoms with Gasteiger partial charge >= 0.3 is 0 Å². The van der Waals surface area contributed by atoms with Crippen LogP contribution in [0.4, 0.5) is 0 Å². The third-order valence-electron chi connectivity index (χ3n) is 2.48. The van der Waals surface area contributed by atoms with Crippen LogP contribution in [-0.4, -0.2) is 24.4 Å². The maximum absolute atomic E-state index is 9.46. The van der Waals surface area contributed by atoms with E-state index in [9.17, 15) is 5.11 Å². The Hall–Kier alpha value is -1.50. The van der Waals surface area contributed by atoms with Crippen LogP contribution < -0.4 is 4.74 Å². The van der Waals surface area contributed by atoms with E-state index in [2.05, 4.69) is 5.92 Å². The van der Waals surface area contributed by atoms with Crippen LogP contribution in [0.2, 0.25) is 0 Å². The van der Waals surface area contributed by atoms with Crippen molar-refractivity contribution in [3.63, 3.8) is 0 Å². The van der Waals surface area contributed by atoms with Gasteiger partial charge in [0, 0.05) is 6.42 Å². The fraction of sp³-hybridized carbons (Fsp3) is 0.429. The Labute approximate surface area is 102 Å². The molecule has 3 nitrogen and oxygen atoms in total. The van der Waals surface area contributed by atoms with E-state index in [1.54, 1.807) is 14.0 Å². The topological polar surface area (TPSA) is 38.7 Å². The average Bonchev–Trinajstić information content (AvgIpc) is 2.34. The Morgan fingerprint density at radius 2 is 2.00 bits per heavy atom. The van der Waals surface area contributed by atoms with E-state index in [-0.39, 0.29) is 6.10 Å². The highest BCUT2D eigenvalue weighted by Gasteiger charge is 2.14. The lowest BCUT2D eigenvalue weighted by molar-refractivity contribution is -0.0347. The first kappa shape index (κ1) is 13.6. The van der Waals surface area contributed by atoms with E-state index in [1.165, 1.54) is 0 Å². The molecule has 0 aromatic heterocycles. The van der Waals surface area contributed by atoms with E-state index in [4.69, 9.17) is 15.9 Å². The van der Waals surface area contributed by atoms with Crippen molar-refractivity contribution in [3.8, 4) is 18.1 Å². The number of rotatable bonds is 6. The van der Waals surface area contributed by atoms with Gasteiger partial charge in [-0.2, -0.15) is 0 Å². The van der Waals surface area contributed by atoms with Crippen molar-refractivity contribution >= 4 is 0 Å². The zero-order valence-electron chi connectivity index (χ0n) is 10.2. The minimum atomic E-state index is -0.565. The molecular weight excluding hydrogens is 216 g/mol. The Kier molecular flexibility index (Phi) is 5.55. The molecular formula is C14H18O3. The van der Waals surface area contributed by atoms with Crippen LogP contribution in [0.5, 0.6) is 5.75 Å². The first-order chi connectivity index (χ1) is 8.17. The predicted molar refractivity (Wildman–Crippen MR) is 66.7 cm³/mol. The van der Waals surface area contributed by atoms with Gasteiger partial charge in [-0.1, -0.05) is 12.1 Å². The van der Waals surface area contributed by atoms with Gasteiger partial charge in [0.15, 0.2) is 0 Å². The van der Waals surface area contributed by atoms with Crippen molar-refractivity contribution in [1.82, 2.24) is 0 Å². The summed E-state index contributed by atoms with van der Waals surface area (Å²) in [7, 11) is 1.63. The molecule has 0 aliphatic heterocycles. The number of hydrogen-bond acceptors (Lipinski definition) is 3. The smallest absolute Gasteiger partial charge is 0.118 e. The van der Waals surface area contributed by atoms with E-state index in [1.807, 2.05) is 24.3 Å². The molecule has 0 amide bonds. The Morgan fingerprint density at radius 1 is 1.35 bits per heavy atom. The lowest BCUT2D eigenvalue weighted by atomic mass is 10.1. The first-order valence-corrected chi connectivity index (χ1v) is 5.53. The second-order valence-corrected chi connectivity index (χ2v) is 3.85. The summed E-state index contributed by atoms with van der Waals surface area (Å²) in [6, 6.07) is 7.59. The number of aliphatic hydroxyl groups is 1. The molecule has 0 bridgehead atoms. The number of hydrogen-bond donors (Lipinski definition) is 1. The summed E-state index contributed by atoms with van der Waals surface area (Å²) < 4.78 is 10.6. The fourth-order valence-electron chi connectivity index (χ4n) is 1.41. The maximum atomic E-state index is 9.46. The highest BCUT2D eigenvalue weighted by molar-refractivity contribution is 5.26. The van der Waals surface area contributed by atoms with Gasteiger partial charge in [-0.3, -0.25) is 0 Å². The lowest BCUT2D eigenvalue weighted by Gasteiger charge is -2.18. The molecule has 1 N–H and O–H groups in total. The van der Waals surface area contributed by atoms with Gasteiger partial charge in [-0.25, -0.2) is 0 Å². The Morgan fingerprint density at radius 3 is 2.47 bits per heavy atom. The quantitative estimate of drug-likeness (QED) is 0.765. The first-order valence-electron chi connectivity index (χ1n) is 5.53. The summed E-state index contributed by atoms with van der Waals surface area (Å²) in [4.78, 5) is 0. The fourth-order valence-corrected chi connectivity index (χ4v) is 1.41. The van der Waals surface area contributed by atoms with Gasteiger partial charge in [0.05, 0.1) is 25.9 Å². The van der Waals surface area contributed by atoms with E-state index in [0.29, 0.717) is 13.0 Å². The van der Waals surface area contributed by atoms with Gasteiger partial charge in [-0.15, -0.1) is 12.3 Å². The number of ether oxygens (including phenoxy) is 2. The third kappa shape index (κ3) is 4.48. The van der Waals surface area contributed by atoms with Crippen molar-refractivity contribution in [2.45, 2.75) is 32.2 Å². The Balaban J connectivity index is 2.50. The number of methoxy groups -OCH3 is 1. The zero-order chi connectivity index (χ0) is 12.7. The molecule has 0 heterocycles. The van der Waals surface area contributed by atoms with Crippen molar-refractivity contribution in [2.75, 3.05) is 7.11 Å². The molecule has 0 radical (unpaired) electrons. The summed E-state index contributed by atoms with van der Waals surface area (Å²) in [5, 5.41) is 9.46. The van der Waals surface area contributed by atoms with Crippen LogP contribution in [0.25, 0.3) is 0 Å². The van der Waals surface area contributed by atoms with Crippen LogP contribution in [0.15, 0.2) is 24.3 Å². The molecule has 17 heavy (non-hydrogen) atoms. The maximum Gasteiger partial charge on any atom is 0.118 e. The molecule has 92 valence electrons. The molecule has 1 rings (SSSR count). The molecule has 0 fully saturated rings. The van der Waals surface area contributed by atoms with Gasteiger partial charge in [-0.05, 0) is 24.6 Å². The molecule has 0 aliphatic rings. The van der Waals surface area contributed by atoms with Gasteiger partial charge < -0.3 is 14.6 Å². The molecule has 0 aliphatic carbocycles. The molecule has 0 spiro atoms. The number of benzene rings is 1. The molecule has 1 aromatic carbocycles. The second kappa shape index (κ2) is 6.95. The van der Waals surface area contributed by atoms with Crippen LogP contribution in [-0.2, 0) is 11.3 Å². The minimum absolute atomic E-state index is 0.317. The molecule has 0 saturated carbocycles. The number of aliphatic hydroxyl groups excluding tert-OH is 1. The zero-order valence-corrected chi connectivity index (χ0v) is 10.2. The third-order valence-corrected chi connectivity index (χ3v) is 2.48. The second-order valence-electron chi connectivity index (χ2n) is 3.85. The van der Waals surface area contributed by atoms with Gasteiger partial charge in [0.2, 0.25) is 0 Å². The van der Waals surface area contributed by atoms with Crippen LogP contribution in [0.1, 0.15) is 18.9 Å². The predicted octanol–water partition coefficient (Wildman–Crippen LogP) is 1.98. The molecule has 1 aromatic rings. The summed E-state index contributed by atoms with van der Waals surface area (Å²) >= 11 is 0. The van der Waals surface area contributed by atoms with Crippen LogP contribution in [0, 0.1) is 12.3 Å². The standard InChI is InChI=1S/C14H18O3/c1-4-5-14(11(2)15)17-10-12-6-8-13(16-3)9-7-12/h1,6-9,11,14-15H,5,10H2,2-3H3/t11-,14+/m0/s1. The van der Waals surface area contributed by atoms with Crippen LogP contribution >= 0.6 is 0 Å². The van der Waals surface area contributed by atoms with Crippen molar-refractivity contribution < 1.29 is 14.6 Å². The highest BCUT2D eigenvalue weighted by atomic mass is 16.5. The van der Waals surface area contributed by atoms with Gasteiger partial charge in [0.25, 0.3) is 0 Å². The largest absolute Gasteiger partial charge is 0.497 e. The molecule has 0 saturated heterocycles. The van der Waals surface area contributed by atoms with Crippen molar-refractivity contribution in [1.29, 1.82) is 0 Å². The summed E-state index contributed by atoms with van der Waals surface area (Å²) in [5.41, 5.74) is 1.02.